The minimum absolute atomic E-state index is 0. The van der Waals surface area contributed by atoms with Crippen molar-refractivity contribution in [3.05, 3.63) is 24.3 Å². The molecule has 1 unspecified atom stereocenters. The summed E-state index contributed by atoms with van der Waals surface area (Å²) < 4.78 is 30.1. The van der Waals surface area contributed by atoms with Gasteiger partial charge in [-0.05, 0) is 46.2 Å². The monoisotopic (exact) mass is 553 g/mol. The van der Waals surface area contributed by atoms with E-state index in [1.807, 2.05) is 38.7 Å². The van der Waals surface area contributed by atoms with E-state index in [2.05, 4.69) is 25.7 Å². The zero-order chi connectivity index (χ0) is 22.1. The molecule has 0 aromatic heterocycles. The quantitative estimate of drug-likeness (QED) is 0.249. The van der Waals surface area contributed by atoms with E-state index < -0.39 is 12.0 Å². The van der Waals surface area contributed by atoms with Crippen molar-refractivity contribution >= 4 is 41.5 Å². The van der Waals surface area contributed by atoms with Gasteiger partial charge >= 0.3 is 6.61 Å². The van der Waals surface area contributed by atoms with Crippen LogP contribution in [0.3, 0.4) is 0 Å². The number of rotatable bonds is 9. The Balaban J connectivity index is 0.00000480. The molecule has 1 aromatic carbocycles. The number of nitrogens with one attached hydrogen (secondary N) is 3. The molecule has 176 valence electrons. The van der Waals surface area contributed by atoms with E-state index in [0.29, 0.717) is 44.4 Å². The second kappa shape index (κ2) is 12.9. The van der Waals surface area contributed by atoms with Crippen molar-refractivity contribution in [1.82, 2.24) is 16.0 Å². The second-order valence-electron chi connectivity index (χ2n) is 7.86. The number of anilines is 1. The van der Waals surface area contributed by atoms with E-state index >= 15 is 0 Å². The van der Waals surface area contributed by atoms with Crippen LogP contribution in [-0.4, -0.2) is 57.2 Å². The van der Waals surface area contributed by atoms with Gasteiger partial charge in [0.2, 0.25) is 5.91 Å². The molecule has 1 fully saturated rings. The summed E-state index contributed by atoms with van der Waals surface area (Å²) in [7, 11) is 0. The molecular formula is C21H34F2IN5O2. The van der Waals surface area contributed by atoms with Gasteiger partial charge in [-0.1, -0.05) is 12.1 Å². The molecular weight excluding hydrogens is 519 g/mol. The molecule has 0 saturated carbocycles. The Morgan fingerprint density at radius 1 is 1.26 bits per heavy atom. The number of guanidine groups is 1. The van der Waals surface area contributed by atoms with Crippen LogP contribution in [0.5, 0.6) is 5.75 Å². The largest absolute Gasteiger partial charge is 0.433 e. The number of carbonyl (C=O) groups is 1. The normalized spacial score (nSPS) is 16.7. The standard InChI is InChI=1S/C21H33F2N5O2.HI/c1-5-24-18(29)21(3,4)14-26-20(25-6-2)27-15-11-12-28(13-15)16-9-7-8-10-17(16)30-19(22)23;/h7-10,15,19H,5-6,11-14H2,1-4H3,(H,24,29)(H2,25,26,27);1H. The number of hydrogen-bond acceptors (Lipinski definition) is 4. The van der Waals surface area contributed by atoms with Gasteiger partial charge in [0.25, 0.3) is 0 Å². The highest BCUT2D eigenvalue weighted by Crippen LogP contribution is 2.31. The number of aliphatic imine (C=N–C) groups is 1. The predicted octanol–water partition coefficient (Wildman–Crippen LogP) is 3.20. The summed E-state index contributed by atoms with van der Waals surface area (Å²) in [4.78, 5) is 18.8. The van der Waals surface area contributed by atoms with Gasteiger partial charge in [0.1, 0.15) is 5.75 Å². The third-order valence-corrected chi connectivity index (χ3v) is 4.88. The molecule has 1 amide bonds. The van der Waals surface area contributed by atoms with E-state index in [1.165, 1.54) is 0 Å². The van der Waals surface area contributed by atoms with Crippen molar-refractivity contribution in [3.63, 3.8) is 0 Å². The number of halogens is 3. The smallest absolute Gasteiger partial charge is 0.387 e. The zero-order valence-corrected chi connectivity index (χ0v) is 20.9. The number of nitrogens with zero attached hydrogens (tertiary/aromatic N) is 2. The van der Waals surface area contributed by atoms with Gasteiger partial charge in [-0.15, -0.1) is 24.0 Å². The average Bonchev–Trinajstić information content (AvgIpc) is 3.15. The van der Waals surface area contributed by atoms with Crippen molar-refractivity contribution in [3.8, 4) is 5.75 Å². The Hall–Kier alpha value is -1.85. The zero-order valence-electron chi connectivity index (χ0n) is 18.6. The molecule has 0 spiro atoms. The first-order valence-electron chi connectivity index (χ1n) is 10.4. The molecule has 10 heteroatoms. The Kier molecular flexibility index (Phi) is 11.3. The van der Waals surface area contributed by atoms with Gasteiger partial charge in [-0.25, -0.2) is 0 Å². The van der Waals surface area contributed by atoms with Gasteiger partial charge in [0.05, 0.1) is 17.6 Å². The molecule has 31 heavy (non-hydrogen) atoms. The Labute approximate surface area is 200 Å². The summed E-state index contributed by atoms with van der Waals surface area (Å²) >= 11 is 0. The van der Waals surface area contributed by atoms with Gasteiger partial charge in [0.15, 0.2) is 5.96 Å². The number of alkyl halides is 2. The lowest BCUT2D eigenvalue weighted by molar-refractivity contribution is -0.128. The van der Waals surface area contributed by atoms with Crippen molar-refractivity contribution in [2.45, 2.75) is 46.8 Å². The highest BCUT2D eigenvalue weighted by Gasteiger charge is 2.28. The summed E-state index contributed by atoms with van der Waals surface area (Å²) in [5.41, 5.74) is 0.0347. The third-order valence-electron chi connectivity index (χ3n) is 4.88. The lowest BCUT2D eigenvalue weighted by atomic mass is 9.92. The molecule has 1 heterocycles. The number of hydrogen-bond donors (Lipinski definition) is 3. The van der Waals surface area contributed by atoms with Gasteiger partial charge in [-0.2, -0.15) is 8.78 Å². The summed E-state index contributed by atoms with van der Waals surface area (Å²) in [6, 6.07) is 6.92. The van der Waals surface area contributed by atoms with Crippen LogP contribution >= 0.6 is 24.0 Å². The third kappa shape index (κ3) is 8.30. The molecule has 2 rings (SSSR count). The molecule has 1 aromatic rings. The first-order chi connectivity index (χ1) is 14.3. The first-order valence-corrected chi connectivity index (χ1v) is 10.4. The Morgan fingerprint density at radius 2 is 1.94 bits per heavy atom. The van der Waals surface area contributed by atoms with Gasteiger partial charge < -0.3 is 25.6 Å². The fourth-order valence-electron chi connectivity index (χ4n) is 3.27. The molecule has 7 nitrogen and oxygen atoms in total. The second-order valence-corrected chi connectivity index (χ2v) is 7.86. The van der Waals surface area contributed by atoms with E-state index in [9.17, 15) is 13.6 Å². The lowest BCUT2D eigenvalue weighted by Gasteiger charge is -2.24. The fraction of sp³-hybridized carbons (Fsp3) is 0.619. The maximum Gasteiger partial charge on any atom is 0.387 e. The van der Waals surface area contributed by atoms with Crippen LogP contribution < -0.4 is 25.6 Å². The van der Waals surface area contributed by atoms with Crippen molar-refractivity contribution in [2.75, 3.05) is 37.6 Å². The highest BCUT2D eigenvalue weighted by molar-refractivity contribution is 14.0. The van der Waals surface area contributed by atoms with Crippen LogP contribution in [0.2, 0.25) is 0 Å². The SMILES string of the molecule is CCNC(=O)C(C)(C)CN=C(NCC)NC1CCN(c2ccccc2OC(F)F)C1.I. The summed E-state index contributed by atoms with van der Waals surface area (Å²) in [6.07, 6.45) is 0.827. The van der Waals surface area contributed by atoms with Crippen molar-refractivity contribution < 1.29 is 18.3 Å². The maximum atomic E-state index is 12.7. The molecule has 1 aliphatic rings. The molecule has 0 radical (unpaired) electrons. The topological polar surface area (TPSA) is 78.0 Å². The Morgan fingerprint density at radius 3 is 2.58 bits per heavy atom. The number of benzene rings is 1. The number of para-hydroxylation sites is 2. The number of amides is 1. The maximum absolute atomic E-state index is 12.7. The fourth-order valence-corrected chi connectivity index (χ4v) is 3.27. The van der Waals surface area contributed by atoms with E-state index in [4.69, 9.17) is 0 Å². The van der Waals surface area contributed by atoms with Crippen LogP contribution in [0.1, 0.15) is 34.1 Å². The highest BCUT2D eigenvalue weighted by atomic mass is 127. The summed E-state index contributed by atoms with van der Waals surface area (Å²) in [6.45, 7) is 7.69. The molecule has 1 atom stereocenters. The molecule has 0 bridgehead atoms. The van der Waals surface area contributed by atoms with Crippen molar-refractivity contribution in [1.29, 1.82) is 0 Å². The average molecular weight is 553 g/mol. The lowest BCUT2D eigenvalue weighted by Crippen LogP contribution is -2.46. The first kappa shape index (κ1) is 27.2. The van der Waals surface area contributed by atoms with Crippen LogP contribution in [0, 0.1) is 5.41 Å². The minimum atomic E-state index is -2.86. The molecule has 1 aliphatic heterocycles. The summed E-state index contributed by atoms with van der Waals surface area (Å²) in [5, 5.41) is 9.44. The molecule has 1 saturated heterocycles. The molecule has 3 N–H and O–H groups in total. The van der Waals surface area contributed by atoms with Crippen molar-refractivity contribution in [2.24, 2.45) is 10.4 Å². The molecule has 0 aliphatic carbocycles. The van der Waals surface area contributed by atoms with Crippen LogP contribution in [0.25, 0.3) is 0 Å². The minimum Gasteiger partial charge on any atom is -0.433 e. The number of ether oxygens (including phenoxy) is 1. The van der Waals surface area contributed by atoms with E-state index in [0.717, 1.165) is 6.42 Å². The summed E-state index contributed by atoms with van der Waals surface area (Å²) in [5.74, 6) is 0.781. The van der Waals surface area contributed by atoms with Crippen LogP contribution in [0.4, 0.5) is 14.5 Å². The van der Waals surface area contributed by atoms with Crippen LogP contribution in [0.15, 0.2) is 29.3 Å². The van der Waals surface area contributed by atoms with Gasteiger partial charge in [-0.3, -0.25) is 9.79 Å². The Bertz CT molecular complexity index is 733. The number of carbonyl (C=O) groups excluding carboxylic acids is 1. The van der Waals surface area contributed by atoms with E-state index in [-0.39, 0.29) is 41.7 Å². The van der Waals surface area contributed by atoms with Gasteiger partial charge in [0, 0.05) is 32.2 Å². The predicted molar refractivity (Wildman–Crippen MR) is 131 cm³/mol. The van der Waals surface area contributed by atoms with E-state index in [1.54, 1.807) is 18.2 Å². The van der Waals surface area contributed by atoms with Crippen LogP contribution in [-0.2, 0) is 4.79 Å².